The Morgan fingerprint density at radius 1 is 1.00 bits per heavy atom. The lowest BCUT2D eigenvalue weighted by Gasteiger charge is -2.07. The molecule has 2 aromatic carbocycles. The lowest BCUT2D eigenvalue weighted by atomic mass is 10.3. The Labute approximate surface area is 114 Å². The summed E-state index contributed by atoms with van der Waals surface area (Å²) in [5.41, 5.74) is 0.755. The Kier molecular flexibility index (Phi) is 3.99. The van der Waals surface area contributed by atoms with E-state index in [1.165, 1.54) is 6.92 Å². The van der Waals surface area contributed by atoms with Gasteiger partial charge in [-0.1, -0.05) is 15.9 Å². The quantitative estimate of drug-likeness (QED) is 0.923. The van der Waals surface area contributed by atoms with E-state index in [4.69, 9.17) is 4.74 Å². The Morgan fingerprint density at radius 3 is 2.00 bits per heavy atom. The van der Waals surface area contributed by atoms with Crippen molar-refractivity contribution in [2.24, 2.45) is 0 Å². The molecule has 0 heterocycles. The number of ether oxygens (including phenoxy) is 1. The summed E-state index contributed by atoms with van der Waals surface area (Å²) in [5, 5.41) is 2.70. The van der Waals surface area contributed by atoms with E-state index in [1.54, 1.807) is 12.1 Å². The lowest BCUT2D eigenvalue weighted by molar-refractivity contribution is -0.114. The molecule has 0 aromatic heterocycles. The summed E-state index contributed by atoms with van der Waals surface area (Å²) in [4.78, 5) is 10.9. The normalized spacial score (nSPS) is 9.89. The van der Waals surface area contributed by atoms with Crippen molar-refractivity contribution in [2.45, 2.75) is 6.92 Å². The molecular formula is C14H12BrNO2. The number of anilines is 1. The molecule has 0 aliphatic rings. The predicted molar refractivity (Wildman–Crippen MR) is 75.0 cm³/mol. The molecule has 0 saturated carbocycles. The standard InChI is InChI=1S/C14H12BrNO2/c1-10(17)16-12-4-8-14(9-5-12)18-13-6-2-11(15)3-7-13/h2-9H,1H3,(H,16,17). The van der Waals surface area contributed by atoms with Gasteiger partial charge in [0.1, 0.15) is 11.5 Å². The van der Waals surface area contributed by atoms with Crippen LogP contribution in [-0.4, -0.2) is 5.91 Å². The fraction of sp³-hybridized carbons (Fsp3) is 0.0714. The highest BCUT2D eigenvalue weighted by atomic mass is 79.9. The molecule has 0 unspecified atom stereocenters. The molecule has 0 radical (unpaired) electrons. The van der Waals surface area contributed by atoms with Crippen molar-refractivity contribution in [3.63, 3.8) is 0 Å². The number of hydrogen-bond donors (Lipinski definition) is 1. The SMILES string of the molecule is CC(=O)Nc1ccc(Oc2ccc(Br)cc2)cc1. The average Bonchev–Trinajstić information content (AvgIpc) is 2.34. The lowest BCUT2D eigenvalue weighted by Crippen LogP contribution is -2.05. The molecule has 92 valence electrons. The van der Waals surface area contributed by atoms with Crippen molar-refractivity contribution in [2.75, 3.05) is 5.32 Å². The van der Waals surface area contributed by atoms with Gasteiger partial charge in [-0.3, -0.25) is 4.79 Å². The van der Waals surface area contributed by atoms with Crippen LogP contribution in [0.15, 0.2) is 53.0 Å². The Bertz CT molecular complexity index is 535. The molecule has 0 aliphatic carbocycles. The first-order valence-corrected chi connectivity index (χ1v) is 6.24. The van der Waals surface area contributed by atoms with E-state index >= 15 is 0 Å². The van der Waals surface area contributed by atoms with E-state index in [1.807, 2.05) is 36.4 Å². The van der Waals surface area contributed by atoms with Crippen LogP contribution < -0.4 is 10.1 Å². The number of benzene rings is 2. The Hall–Kier alpha value is -1.81. The van der Waals surface area contributed by atoms with Gasteiger partial charge in [0.05, 0.1) is 0 Å². The number of rotatable bonds is 3. The summed E-state index contributed by atoms with van der Waals surface area (Å²) in [7, 11) is 0. The van der Waals surface area contributed by atoms with Crippen LogP contribution in [0.3, 0.4) is 0 Å². The maximum absolute atomic E-state index is 10.9. The van der Waals surface area contributed by atoms with Gasteiger partial charge in [-0.2, -0.15) is 0 Å². The molecule has 0 saturated heterocycles. The second-order valence-corrected chi connectivity index (χ2v) is 4.68. The summed E-state index contributed by atoms with van der Waals surface area (Å²) in [6, 6.07) is 14.8. The van der Waals surface area contributed by atoms with Crippen LogP contribution in [0, 0.1) is 0 Å². The van der Waals surface area contributed by atoms with Gasteiger partial charge < -0.3 is 10.1 Å². The molecule has 0 spiro atoms. The summed E-state index contributed by atoms with van der Waals surface area (Å²) in [6.45, 7) is 1.48. The smallest absolute Gasteiger partial charge is 0.221 e. The van der Waals surface area contributed by atoms with Gasteiger partial charge in [0.2, 0.25) is 5.91 Å². The van der Waals surface area contributed by atoms with Crippen LogP contribution in [0.25, 0.3) is 0 Å². The van der Waals surface area contributed by atoms with Crippen LogP contribution >= 0.6 is 15.9 Å². The van der Waals surface area contributed by atoms with E-state index in [9.17, 15) is 4.79 Å². The summed E-state index contributed by atoms with van der Waals surface area (Å²) < 4.78 is 6.67. The molecule has 4 heteroatoms. The van der Waals surface area contributed by atoms with E-state index in [0.29, 0.717) is 0 Å². The topological polar surface area (TPSA) is 38.3 Å². The van der Waals surface area contributed by atoms with Gasteiger partial charge in [0, 0.05) is 17.1 Å². The highest BCUT2D eigenvalue weighted by molar-refractivity contribution is 9.10. The molecule has 18 heavy (non-hydrogen) atoms. The van der Waals surface area contributed by atoms with Gasteiger partial charge in [-0.05, 0) is 48.5 Å². The largest absolute Gasteiger partial charge is 0.457 e. The zero-order valence-electron chi connectivity index (χ0n) is 9.81. The van der Waals surface area contributed by atoms with Crippen molar-refractivity contribution in [3.8, 4) is 11.5 Å². The number of halogens is 1. The van der Waals surface area contributed by atoms with Crippen LogP contribution in [0.1, 0.15) is 6.92 Å². The molecule has 3 nitrogen and oxygen atoms in total. The Balaban J connectivity index is 2.06. The van der Waals surface area contributed by atoms with Gasteiger partial charge in [0.25, 0.3) is 0 Å². The average molecular weight is 306 g/mol. The molecule has 0 bridgehead atoms. The minimum Gasteiger partial charge on any atom is -0.457 e. The highest BCUT2D eigenvalue weighted by Gasteiger charge is 1.99. The monoisotopic (exact) mass is 305 g/mol. The highest BCUT2D eigenvalue weighted by Crippen LogP contribution is 2.24. The zero-order valence-corrected chi connectivity index (χ0v) is 11.4. The van der Waals surface area contributed by atoms with E-state index in [2.05, 4.69) is 21.2 Å². The van der Waals surface area contributed by atoms with Gasteiger partial charge in [0.15, 0.2) is 0 Å². The van der Waals surface area contributed by atoms with Gasteiger partial charge in [-0.15, -0.1) is 0 Å². The molecule has 2 aromatic rings. The third kappa shape index (κ3) is 3.60. The minimum absolute atomic E-state index is 0.0865. The van der Waals surface area contributed by atoms with Crippen LogP contribution in [0.5, 0.6) is 11.5 Å². The zero-order chi connectivity index (χ0) is 13.0. The first-order chi connectivity index (χ1) is 8.63. The van der Waals surface area contributed by atoms with Crippen LogP contribution in [-0.2, 0) is 4.79 Å². The maximum atomic E-state index is 10.9. The first-order valence-electron chi connectivity index (χ1n) is 5.44. The number of nitrogens with one attached hydrogen (secondary N) is 1. The summed E-state index contributed by atoms with van der Waals surface area (Å²) in [6.07, 6.45) is 0. The Morgan fingerprint density at radius 2 is 1.50 bits per heavy atom. The van der Waals surface area contributed by atoms with Gasteiger partial charge >= 0.3 is 0 Å². The van der Waals surface area contributed by atoms with Crippen LogP contribution in [0.2, 0.25) is 0 Å². The summed E-state index contributed by atoms with van der Waals surface area (Å²) in [5.74, 6) is 1.41. The molecule has 2 rings (SSSR count). The third-order valence-electron chi connectivity index (χ3n) is 2.22. The third-order valence-corrected chi connectivity index (χ3v) is 2.75. The van der Waals surface area contributed by atoms with Crippen molar-refractivity contribution in [1.29, 1.82) is 0 Å². The maximum Gasteiger partial charge on any atom is 0.221 e. The molecular weight excluding hydrogens is 294 g/mol. The first kappa shape index (κ1) is 12.6. The van der Waals surface area contributed by atoms with Crippen molar-refractivity contribution >= 4 is 27.5 Å². The van der Waals surface area contributed by atoms with E-state index in [-0.39, 0.29) is 5.91 Å². The second kappa shape index (κ2) is 5.69. The van der Waals surface area contributed by atoms with E-state index < -0.39 is 0 Å². The van der Waals surface area contributed by atoms with E-state index in [0.717, 1.165) is 21.7 Å². The molecule has 1 N–H and O–H groups in total. The number of amides is 1. The number of carbonyl (C=O) groups excluding carboxylic acids is 1. The van der Waals surface area contributed by atoms with Gasteiger partial charge in [-0.25, -0.2) is 0 Å². The molecule has 1 amide bonds. The molecule has 0 fully saturated rings. The fourth-order valence-electron chi connectivity index (χ4n) is 1.45. The van der Waals surface area contributed by atoms with Crippen LogP contribution in [0.4, 0.5) is 5.69 Å². The second-order valence-electron chi connectivity index (χ2n) is 3.76. The minimum atomic E-state index is -0.0865. The number of carbonyl (C=O) groups is 1. The number of hydrogen-bond acceptors (Lipinski definition) is 2. The summed E-state index contributed by atoms with van der Waals surface area (Å²) >= 11 is 3.37. The van der Waals surface area contributed by atoms with Crippen molar-refractivity contribution in [3.05, 3.63) is 53.0 Å². The van der Waals surface area contributed by atoms with Crippen molar-refractivity contribution < 1.29 is 9.53 Å². The molecule has 0 aliphatic heterocycles. The van der Waals surface area contributed by atoms with Crippen molar-refractivity contribution in [1.82, 2.24) is 0 Å². The fourth-order valence-corrected chi connectivity index (χ4v) is 1.71. The molecule has 0 atom stereocenters. The predicted octanol–water partition coefficient (Wildman–Crippen LogP) is 4.20.